The quantitative estimate of drug-likeness (QED) is 0.876. The third-order valence-electron chi connectivity index (χ3n) is 4.10. The molecule has 2 heterocycles. The molecule has 106 valence electrons. The maximum atomic E-state index is 6.13. The zero-order chi connectivity index (χ0) is 14.1. The molecule has 1 aliphatic heterocycles. The third kappa shape index (κ3) is 2.54. The van der Waals surface area contributed by atoms with E-state index in [1.165, 1.54) is 5.56 Å². The van der Waals surface area contributed by atoms with Crippen LogP contribution in [-0.4, -0.2) is 34.3 Å². The Morgan fingerprint density at radius 2 is 2.05 bits per heavy atom. The maximum Gasteiger partial charge on any atom is 0.245 e. The van der Waals surface area contributed by atoms with Gasteiger partial charge >= 0.3 is 0 Å². The van der Waals surface area contributed by atoms with E-state index in [4.69, 9.17) is 5.73 Å². The average Bonchev–Trinajstić information content (AvgIpc) is 2.92. The van der Waals surface area contributed by atoms with Gasteiger partial charge in [0.15, 0.2) is 5.82 Å². The monoisotopic (exact) mass is 271 g/mol. The van der Waals surface area contributed by atoms with Crippen molar-refractivity contribution in [3.05, 3.63) is 29.8 Å². The number of piperidine rings is 1. The van der Waals surface area contributed by atoms with E-state index in [-0.39, 0.29) is 6.04 Å². The molecule has 0 radical (unpaired) electrons. The van der Waals surface area contributed by atoms with Crippen LogP contribution >= 0.6 is 0 Å². The van der Waals surface area contributed by atoms with Crippen LogP contribution in [0, 0.1) is 12.8 Å². The summed E-state index contributed by atoms with van der Waals surface area (Å²) < 4.78 is 0. The number of nitrogens with one attached hydrogen (secondary N) is 1. The predicted octanol–water partition coefficient (Wildman–Crippen LogP) is 1.95. The Morgan fingerprint density at radius 3 is 2.75 bits per heavy atom. The molecule has 1 aromatic heterocycles. The van der Waals surface area contributed by atoms with Crippen molar-refractivity contribution >= 4 is 5.95 Å². The highest BCUT2D eigenvalue weighted by Gasteiger charge is 2.25. The highest BCUT2D eigenvalue weighted by Crippen LogP contribution is 2.22. The van der Waals surface area contributed by atoms with Crippen molar-refractivity contribution in [1.29, 1.82) is 0 Å². The standard InChI is InChI=1S/C15H21N5/c1-10-3-5-12(6-4-10)14-17-15(19-18-14)20-8-7-11(2)13(16)9-20/h3-6,11,13H,7-9,16H2,1-2H3,(H,17,18,19). The topological polar surface area (TPSA) is 70.8 Å². The Balaban J connectivity index is 1.78. The Hall–Kier alpha value is -1.88. The van der Waals surface area contributed by atoms with Crippen LogP contribution in [0.2, 0.25) is 0 Å². The number of hydrogen-bond donors (Lipinski definition) is 2. The summed E-state index contributed by atoms with van der Waals surface area (Å²) in [5.41, 5.74) is 8.43. The summed E-state index contributed by atoms with van der Waals surface area (Å²) in [5, 5.41) is 7.35. The molecule has 1 fully saturated rings. The van der Waals surface area contributed by atoms with Crippen molar-refractivity contribution in [2.75, 3.05) is 18.0 Å². The molecule has 0 amide bonds. The van der Waals surface area contributed by atoms with Gasteiger partial charge in [-0.3, -0.25) is 5.10 Å². The van der Waals surface area contributed by atoms with E-state index in [9.17, 15) is 0 Å². The molecule has 1 aromatic carbocycles. The smallest absolute Gasteiger partial charge is 0.245 e. The molecule has 3 N–H and O–H groups in total. The van der Waals surface area contributed by atoms with Gasteiger partial charge in [0.1, 0.15) is 0 Å². The molecule has 3 rings (SSSR count). The second-order valence-electron chi connectivity index (χ2n) is 5.73. The lowest BCUT2D eigenvalue weighted by atomic mass is 9.95. The normalized spacial score (nSPS) is 23.1. The van der Waals surface area contributed by atoms with Crippen LogP contribution in [0.4, 0.5) is 5.95 Å². The molecule has 5 heteroatoms. The predicted molar refractivity (Wildman–Crippen MR) is 80.5 cm³/mol. The molecule has 0 bridgehead atoms. The van der Waals surface area contributed by atoms with E-state index in [0.717, 1.165) is 36.8 Å². The number of nitrogens with zero attached hydrogens (tertiary/aromatic N) is 3. The zero-order valence-corrected chi connectivity index (χ0v) is 12.0. The van der Waals surface area contributed by atoms with Gasteiger partial charge in [-0.2, -0.15) is 4.98 Å². The van der Waals surface area contributed by atoms with Gasteiger partial charge in [-0.05, 0) is 19.3 Å². The van der Waals surface area contributed by atoms with Crippen molar-refractivity contribution in [2.24, 2.45) is 11.7 Å². The SMILES string of the molecule is Cc1ccc(-c2nc(N3CCC(C)C(N)C3)n[nH]2)cc1. The molecular formula is C15H21N5. The zero-order valence-electron chi connectivity index (χ0n) is 12.0. The van der Waals surface area contributed by atoms with E-state index < -0.39 is 0 Å². The number of H-pyrrole nitrogens is 1. The lowest BCUT2D eigenvalue weighted by Crippen LogP contribution is -2.48. The number of nitrogens with two attached hydrogens (primary N) is 1. The van der Waals surface area contributed by atoms with Gasteiger partial charge in [-0.15, -0.1) is 5.10 Å². The number of aromatic nitrogens is 3. The lowest BCUT2D eigenvalue weighted by Gasteiger charge is -2.34. The first-order valence-corrected chi connectivity index (χ1v) is 7.13. The average molecular weight is 271 g/mol. The van der Waals surface area contributed by atoms with Crippen molar-refractivity contribution in [3.8, 4) is 11.4 Å². The van der Waals surface area contributed by atoms with E-state index in [1.54, 1.807) is 0 Å². The first-order valence-electron chi connectivity index (χ1n) is 7.13. The van der Waals surface area contributed by atoms with Crippen molar-refractivity contribution in [1.82, 2.24) is 15.2 Å². The van der Waals surface area contributed by atoms with Crippen LogP contribution in [0.5, 0.6) is 0 Å². The Morgan fingerprint density at radius 1 is 1.30 bits per heavy atom. The molecule has 1 saturated heterocycles. The van der Waals surface area contributed by atoms with Crippen molar-refractivity contribution in [2.45, 2.75) is 26.3 Å². The van der Waals surface area contributed by atoms with Gasteiger partial charge in [-0.25, -0.2) is 0 Å². The molecule has 20 heavy (non-hydrogen) atoms. The molecular weight excluding hydrogens is 250 g/mol. The summed E-state index contributed by atoms with van der Waals surface area (Å²) in [6, 6.07) is 8.48. The van der Waals surface area contributed by atoms with Crippen molar-refractivity contribution < 1.29 is 0 Å². The van der Waals surface area contributed by atoms with Gasteiger partial charge in [-0.1, -0.05) is 36.8 Å². The maximum absolute atomic E-state index is 6.13. The number of anilines is 1. The largest absolute Gasteiger partial charge is 0.338 e. The number of hydrogen-bond acceptors (Lipinski definition) is 4. The second-order valence-corrected chi connectivity index (χ2v) is 5.73. The van der Waals surface area contributed by atoms with E-state index in [2.05, 4.69) is 58.2 Å². The summed E-state index contributed by atoms with van der Waals surface area (Å²) >= 11 is 0. The molecule has 2 unspecified atom stereocenters. The van der Waals surface area contributed by atoms with E-state index in [1.807, 2.05) is 0 Å². The summed E-state index contributed by atoms with van der Waals surface area (Å²) in [4.78, 5) is 6.76. The molecule has 1 aliphatic rings. The highest BCUT2D eigenvalue weighted by molar-refractivity contribution is 5.56. The molecule has 0 saturated carbocycles. The van der Waals surface area contributed by atoms with Gasteiger partial charge < -0.3 is 10.6 Å². The van der Waals surface area contributed by atoms with Crippen LogP contribution < -0.4 is 10.6 Å². The van der Waals surface area contributed by atoms with Gasteiger partial charge in [0, 0.05) is 24.7 Å². The van der Waals surface area contributed by atoms with E-state index in [0.29, 0.717) is 5.92 Å². The van der Waals surface area contributed by atoms with Crippen LogP contribution in [0.1, 0.15) is 18.9 Å². The van der Waals surface area contributed by atoms with E-state index >= 15 is 0 Å². The van der Waals surface area contributed by atoms with Gasteiger partial charge in [0.2, 0.25) is 5.95 Å². The minimum Gasteiger partial charge on any atom is -0.338 e. The number of aromatic amines is 1. The fourth-order valence-electron chi connectivity index (χ4n) is 2.52. The van der Waals surface area contributed by atoms with Crippen LogP contribution in [0.3, 0.4) is 0 Å². The second kappa shape index (κ2) is 5.25. The Kier molecular flexibility index (Phi) is 3.44. The van der Waals surface area contributed by atoms with Gasteiger partial charge in [0.25, 0.3) is 0 Å². The number of aryl methyl sites for hydroxylation is 1. The molecule has 2 aromatic rings. The van der Waals surface area contributed by atoms with Crippen LogP contribution in [0.25, 0.3) is 11.4 Å². The fraction of sp³-hybridized carbons (Fsp3) is 0.467. The third-order valence-corrected chi connectivity index (χ3v) is 4.10. The van der Waals surface area contributed by atoms with Gasteiger partial charge in [0.05, 0.1) is 0 Å². The summed E-state index contributed by atoms with van der Waals surface area (Å²) in [7, 11) is 0. The first-order chi connectivity index (χ1) is 9.63. The summed E-state index contributed by atoms with van der Waals surface area (Å²) in [5.74, 6) is 2.14. The van der Waals surface area contributed by atoms with Crippen molar-refractivity contribution in [3.63, 3.8) is 0 Å². The Labute approximate surface area is 119 Å². The summed E-state index contributed by atoms with van der Waals surface area (Å²) in [6.45, 7) is 6.08. The number of benzene rings is 1. The first kappa shape index (κ1) is 13.1. The molecule has 0 spiro atoms. The fourth-order valence-corrected chi connectivity index (χ4v) is 2.52. The van der Waals surface area contributed by atoms with Crippen LogP contribution in [0.15, 0.2) is 24.3 Å². The molecule has 2 atom stereocenters. The minimum absolute atomic E-state index is 0.199. The van der Waals surface area contributed by atoms with Crippen LogP contribution in [-0.2, 0) is 0 Å². The lowest BCUT2D eigenvalue weighted by molar-refractivity contribution is 0.376. The molecule has 0 aliphatic carbocycles. The highest BCUT2D eigenvalue weighted by atomic mass is 15.4. The summed E-state index contributed by atoms with van der Waals surface area (Å²) in [6.07, 6.45) is 1.09. The number of rotatable bonds is 2. The molecule has 5 nitrogen and oxygen atoms in total. The Bertz CT molecular complexity index is 574. The minimum atomic E-state index is 0.199.